The highest BCUT2D eigenvalue weighted by molar-refractivity contribution is 5.76. The summed E-state index contributed by atoms with van der Waals surface area (Å²) in [4.78, 5) is 0. The Morgan fingerprint density at radius 3 is 1.43 bits per heavy atom. The Bertz CT molecular complexity index is 2270. The second-order valence-corrected chi connectivity index (χ2v) is 12.8. The number of aromatic hydroxyl groups is 7. The number of hydrogen-bond donors (Lipinski definition) is 7. The molecule has 0 spiro atoms. The van der Waals surface area contributed by atoms with E-state index < -0.39 is 24.0 Å². The highest BCUT2D eigenvalue weighted by atomic mass is 16.5. The Morgan fingerprint density at radius 1 is 0.392 bits per heavy atom. The molecular weight excluding hydrogens is 648 g/mol. The highest BCUT2D eigenvalue weighted by Crippen LogP contribution is 2.58. The van der Waals surface area contributed by atoms with Crippen molar-refractivity contribution < 1.29 is 45.2 Å². The average molecular weight is 681 g/mol. The first-order valence-corrected chi connectivity index (χ1v) is 16.3. The Kier molecular flexibility index (Phi) is 7.60. The van der Waals surface area contributed by atoms with Crippen molar-refractivity contribution in [2.75, 3.05) is 0 Å². The van der Waals surface area contributed by atoms with E-state index in [1.54, 1.807) is 91.0 Å². The van der Waals surface area contributed by atoms with E-state index in [-0.39, 0.29) is 40.2 Å². The fraction of sp³-hybridized carbons (Fsp3) is 0.0952. The predicted octanol–water partition coefficient (Wildman–Crippen LogP) is 8.33. The highest BCUT2D eigenvalue weighted by Gasteiger charge is 2.43. The third kappa shape index (κ3) is 5.84. The molecule has 51 heavy (non-hydrogen) atoms. The van der Waals surface area contributed by atoms with Crippen LogP contribution in [0.4, 0.5) is 0 Å². The van der Waals surface area contributed by atoms with E-state index in [4.69, 9.17) is 9.47 Å². The van der Waals surface area contributed by atoms with Crippen LogP contribution in [0.25, 0.3) is 12.2 Å². The predicted molar refractivity (Wildman–Crippen MR) is 190 cm³/mol. The van der Waals surface area contributed by atoms with Crippen molar-refractivity contribution in [1.82, 2.24) is 0 Å². The van der Waals surface area contributed by atoms with Crippen molar-refractivity contribution >= 4 is 12.2 Å². The maximum absolute atomic E-state index is 11.9. The van der Waals surface area contributed by atoms with Gasteiger partial charge in [-0.2, -0.15) is 0 Å². The fourth-order valence-corrected chi connectivity index (χ4v) is 7.24. The van der Waals surface area contributed by atoms with E-state index in [0.717, 1.165) is 16.7 Å². The zero-order valence-corrected chi connectivity index (χ0v) is 26.9. The third-order valence-corrected chi connectivity index (χ3v) is 9.47. The van der Waals surface area contributed by atoms with Crippen molar-refractivity contribution in [2.24, 2.45) is 0 Å². The van der Waals surface area contributed by atoms with Crippen molar-refractivity contribution in [2.45, 2.75) is 24.0 Å². The van der Waals surface area contributed by atoms with E-state index in [1.165, 1.54) is 18.2 Å². The van der Waals surface area contributed by atoms with Crippen LogP contribution >= 0.6 is 0 Å². The summed E-state index contributed by atoms with van der Waals surface area (Å²) in [7, 11) is 0. The number of ether oxygens (including phenoxy) is 2. The lowest BCUT2D eigenvalue weighted by atomic mass is 9.80. The maximum atomic E-state index is 11.9. The van der Waals surface area contributed by atoms with Gasteiger partial charge in [-0.3, -0.25) is 0 Å². The molecule has 0 saturated heterocycles. The molecule has 254 valence electrons. The molecule has 0 aromatic heterocycles. The molecule has 0 amide bonds. The summed E-state index contributed by atoms with van der Waals surface area (Å²) in [5.74, 6) is -0.400. The Balaban J connectivity index is 1.29. The average Bonchev–Trinajstić information content (AvgIpc) is 3.68. The minimum absolute atomic E-state index is 0.00158. The monoisotopic (exact) mass is 680 g/mol. The molecule has 0 saturated carbocycles. The van der Waals surface area contributed by atoms with Crippen LogP contribution in [0.1, 0.15) is 68.6 Å². The molecule has 7 N–H and O–H groups in total. The largest absolute Gasteiger partial charge is 0.508 e. The Morgan fingerprint density at radius 2 is 0.863 bits per heavy atom. The van der Waals surface area contributed by atoms with Crippen LogP contribution in [0, 0.1) is 0 Å². The van der Waals surface area contributed by atoms with Gasteiger partial charge in [0.1, 0.15) is 64.0 Å². The van der Waals surface area contributed by atoms with E-state index in [0.29, 0.717) is 39.3 Å². The van der Waals surface area contributed by atoms with Gasteiger partial charge in [-0.25, -0.2) is 0 Å². The molecule has 0 bridgehead atoms. The molecule has 0 fully saturated rings. The first kappa shape index (κ1) is 31.5. The third-order valence-electron chi connectivity index (χ3n) is 9.47. The number of hydrogen-bond acceptors (Lipinski definition) is 9. The molecule has 6 aromatic carbocycles. The van der Waals surface area contributed by atoms with Gasteiger partial charge in [0.05, 0.1) is 11.8 Å². The van der Waals surface area contributed by atoms with E-state index in [1.807, 2.05) is 18.2 Å². The summed E-state index contributed by atoms with van der Waals surface area (Å²) in [6.07, 6.45) is 2.40. The molecule has 8 rings (SSSR count). The zero-order chi connectivity index (χ0) is 35.4. The number of benzene rings is 6. The molecular formula is C42H32O9. The van der Waals surface area contributed by atoms with Gasteiger partial charge in [-0.15, -0.1) is 0 Å². The zero-order valence-electron chi connectivity index (χ0n) is 26.9. The first-order valence-electron chi connectivity index (χ1n) is 16.3. The Labute approximate surface area is 292 Å². The number of fused-ring (bicyclic) bond motifs is 2. The van der Waals surface area contributed by atoms with Gasteiger partial charge >= 0.3 is 0 Å². The molecule has 6 aromatic rings. The maximum Gasteiger partial charge on any atom is 0.135 e. The smallest absolute Gasteiger partial charge is 0.135 e. The van der Waals surface area contributed by atoms with Gasteiger partial charge in [0.2, 0.25) is 0 Å². The number of rotatable bonds is 6. The summed E-state index contributed by atoms with van der Waals surface area (Å²) in [6, 6.07) is 30.9. The Hall–Kier alpha value is -6.74. The molecule has 2 heterocycles. The lowest BCUT2D eigenvalue weighted by molar-refractivity contribution is 0.218. The van der Waals surface area contributed by atoms with Crippen molar-refractivity contribution in [3.63, 3.8) is 0 Å². The van der Waals surface area contributed by atoms with Gasteiger partial charge in [-0.1, -0.05) is 48.6 Å². The number of phenols is 7. The molecule has 9 heteroatoms. The van der Waals surface area contributed by atoms with Crippen LogP contribution in [0.5, 0.6) is 51.7 Å². The van der Waals surface area contributed by atoms with Gasteiger partial charge < -0.3 is 45.2 Å². The van der Waals surface area contributed by atoms with Crippen LogP contribution in [0.3, 0.4) is 0 Å². The fourth-order valence-electron chi connectivity index (χ4n) is 7.24. The van der Waals surface area contributed by atoms with Gasteiger partial charge in [0, 0.05) is 23.3 Å². The summed E-state index contributed by atoms with van der Waals surface area (Å²) < 4.78 is 13.2. The van der Waals surface area contributed by atoms with Crippen LogP contribution in [-0.4, -0.2) is 35.7 Å². The minimum atomic E-state index is -0.691. The van der Waals surface area contributed by atoms with Crippen molar-refractivity contribution in [3.8, 4) is 51.7 Å². The second-order valence-electron chi connectivity index (χ2n) is 12.8. The normalized spacial score (nSPS) is 19.0. The van der Waals surface area contributed by atoms with Crippen LogP contribution < -0.4 is 9.47 Å². The topological polar surface area (TPSA) is 160 Å². The molecule has 2 aliphatic rings. The van der Waals surface area contributed by atoms with E-state index >= 15 is 0 Å². The van der Waals surface area contributed by atoms with Gasteiger partial charge in [0.25, 0.3) is 0 Å². The minimum Gasteiger partial charge on any atom is -0.508 e. The van der Waals surface area contributed by atoms with E-state index in [2.05, 4.69) is 0 Å². The molecule has 0 radical (unpaired) electrons. The molecule has 2 aliphatic heterocycles. The van der Waals surface area contributed by atoms with Crippen LogP contribution in [0.15, 0.2) is 115 Å². The van der Waals surface area contributed by atoms with Crippen LogP contribution in [-0.2, 0) is 0 Å². The van der Waals surface area contributed by atoms with Crippen LogP contribution in [0.2, 0.25) is 0 Å². The summed E-state index contributed by atoms with van der Waals surface area (Å²) >= 11 is 0. The van der Waals surface area contributed by atoms with E-state index in [9.17, 15) is 35.7 Å². The lowest BCUT2D eigenvalue weighted by Crippen LogP contribution is -2.12. The van der Waals surface area contributed by atoms with Gasteiger partial charge in [-0.05, 0) is 100 Å². The summed E-state index contributed by atoms with van der Waals surface area (Å²) in [5.41, 5.74) is 5.31. The lowest BCUT2D eigenvalue weighted by Gasteiger charge is -2.22. The second kappa shape index (κ2) is 12.3. The molecule has 9 nitrogen and oxygen atoms in total. The number of phenolic OH excluding ortho intramolecular Hbond substituents is 7. The van der Waals surface area contributed by atoms with Gasteiger partial charge in [0.15, 0.2) is 0 Å². The van der Waals surface area contributed by atoms with Crippen molar-refractivity contribution in [1.29, 1.82) is 0 Å². The first-order chi connectivity index (χ1) is 24.6. The molecule has 0 unspecified atom stereocenters. The SMILES string of the molecule is Oc1ccc(/C=C/c2cc(O)cc3c2[C@H](c2cc(O)c4c(c2)O[C@@H](c2ccc(O)cc2)[C@H]4c2cc(O)cc(O)c2)[C@@H](c2ccc(O)cc2)O3)cc1. The standard InChI is InChI=1S/C42H32O9/c43-28-9-2-22(3-10-28)1-4-25-15-33(48)21-36-37(25)38(41(51-36)23-5-11-29(44)12-6-23)27-18-34(49)40-35(19-27)50-42(24-7-13-30(45)14-8-24)39(40)26-16-31(46)20-32(47)17-26/h1-21,38-39,41-49H/b4-1+/t38-,39-,41+,42-/m0/s1. The molecule has 0 aliphatic carbocycles. The summed E-state index contributed by atoms with van der Waals surface area (Å²) in [6.45, 7) is 0. The summed E-state index contributed by atoms with van der Waals surface area (Å²) in [5, 5.41) is 73.3. The van der Waals surface area contributed by atoms with Crippen molar-refractivity contribution in [3.05, 3.63) is 160 Å². The molecule has 4 atom stereocenters. The quantitative estimate of drug-likeness (QED) is 0.0858.